The summed E-state index contributed by atoms with van der Waals surface area (Å²) < 4.78 is 5.60. The number of hydrogen-bond acceptors (Lipinski definition) is 2. The number of ether oxygens (including phenoxy) is 1. The first kappa shape index (κ1) is 20.0. The Morgan fingerprint density at radius 3 is 2.33 bits per heavy atom. The predicted molar refractivity (Wildman–Crippen MR) is 100 cm³/mol. The summed E-state index contributed by atoms with van der Waals surface area (Å²) in [7, 11) is 0. The van der Waals surface area contributed by atoms with Crippen LogP contribution >= 0.6 is 24.0 Å². The molecule has 0 aliphatic carbocycles. The van der Waals surface area contributed by atoms with Crippen LogP contribution in [0.25, 0.3) is 0 Å². The van der Waals surface area contributed by atoms with Gasteiger partial charge >= 0.3 is 0 Å². The average molecular weight is 405 g/mol. The lowest BCUT2D eigenvalue weighted by Gasteiger charge is -2.10. The van der Waals surface area contributed by atoms with E-state index in [1.807, 2.05) is 38.1 Å². The molecule has 0 aromatic heterocycles. The third-order valence-corrected chi connectivity index (χ3v) is 2.75. The minimum Gasteiger partial charge on any atom is -0.491 e. The lowest BCUT2D eigenvalue weighted by atomic mass is 10.1. The van der Waals surface area contributed by atoms with Gasteiger partial charge in [-0.05, 0) is 43.9 Å². The van der Waals surface area contributed by atoms with Gasteiger partial charge in [-0.1, -0.05) is 26.0 Å². The Hall–Kier alpha value is -0.980. The van der Waals surface area contributed by atoms with Gasteiger partial charge in [0.1, 0.15) is 5.75 Å². The van der Waals surface area contributed by atoms with Gasteiger partial charge in [0, 0.05) is 6.54 Å². The summed E-state index contributed by atoms with van der Waals surface area (Å²) in [6, 6.07) is 7.96. The molecule has 0 amide bonds. The number of aliphatic imine (C=N–C) groups is 1. The standard InChI is InChI=1S/C16H27N3O.HI/c1-12(2)9-10-18-16(17)19-11-14-5-7-15(8-6-14)20-13(3)4;/h5-8,12-13H,9-11H2,1-4H3,(H3,17,18,19);1H. The molecule has 0 aliphatic heterocycles. The monoisotopic (exact) mass is 405 g/mol. The normalized spacial score (nSPS) is 11.4. The van der Waals surface area contributed by atoms with Crippen LogP contribution in [-0.4, -0.2) is 18.6 Å². The molecule has 0 atom stereocenters. The first-order chi connectivity index (χ1) is 9.47. The summed E-state index contributed by atoms with van der Waals surface area (Å²) in [5, 5.41) is 3.12. The van der Waals surface area contributed by atoms with E-state index in [4.69, 9.17) is 10.5 Å². The van der Waals surface area contributed by atoms with E-state index in [0.717, 1.165) is 24.3 Å². The summed E-state index contributed by atoms with van der Waals surface area (Å²) in [4.78, 5) is 4.32. The second kappa shape index (κ2) is 10.7. The van der Waals surface area contributed by atoms with E-state index in [0.29, 0.717) is 18.4 Å². The van der Waals surface area contributed by atoms with Crippen molar-refractivity contribution in [3.8, 4) is 5.75 Å². The summed E-state index contributed by atoms with van der Waals surface area (Å²) in [5.74, 6) is 2.06. The van der Waals surface area contributed by atoms with Gasteiger partial charge < -0.3 is 15.8 Å². The van der Waals surface area contributed by atoms with Gasteiger partial charge in [0.15, 0.2) is 5.96 Å². The molecular formula is C16H28IN3O. The largest absolute Gasteiger partial charge is 0.491 e. The lowest BCUT2D eigenvalue weighted by Crippen LogP contribution is -2.32. The van der Waals surface area contributed by atoms with Crippen LogP contribution in [-0.2, 0) is 6.54 Å². The smallest absolute Gasteiger partial charge is 0.188 e. The zero-order valence-corrected chi connectivity index (χ0v) is 15.8. The van der Waals surface area contributed by atoms with Crippen LogP contribution in [0.3, 0.4) is 0 Å². The second-order valence-corrected chi connectivity index (χ2v) is 5.62. The van der Waals surface area contributed by atoms with Gasteiger partial charge in [-0.2, -0.15) is 0 Å². The molecule has 0 saturated heterocycles. The molecule has 1 rings (SSSR count). The molecule has 0 aliphatic rings. The van der Waals surface area contributed by atoms with E-state index in [2.05, 4.69) is 24.2 Å². The summed E-state index contributed by atoms with van der Waals surface area (Å²) in [6.07, 6.45) is 1.29. The van der Waals surface area contributed by atoms with Crippen molar-refractivity contribution in [2.45, 2.75) is 46.8 Å². The van der Waals surface area contributed by atoms with Crippen LogP contribution in [0.15, 0.2) is 29.3 Å². The number of guanidine groups is 1. The zero-order chi connectivity index (χ0) is 15.0. The Bertz CT molecular complexity index is 416. The number of nitrogens with zero attached hydrogens (tertiary/aromatic N) is 1. The van der Waals surface area contributed by atoms with Gasteiger partial charge in [-0.15, -0.1) is 24.0 Å². The SMILES string of the molecule is CC(C)CCNC(N)=NCc1ccc(OC(C)C)cc1.I. The maximum Gasteiger partial charge on any atom is 0.188 e. The van der Waals surface area contributed by atoms with Gasteiger partial charge in [-0.3, -0.25) is 0 Å². The molecule has 0 spiro atoms. The van der Waals surface area contributed by atoms with Gasteiger partial charge in [0.05, 0.1) is 12.6 Å². The average Bonchev–Trinajstić information content (AvgIpc) is 2.37. The number of nitrogens with one attached hydrogen (secondary N) is 1. The number of nitrogens with two attached hydrogens (primary N) is 1. The predicted octanol–water partition coefficient (Wildman–Crippen LogP) is 3.54. The third-order valence-electron chi connectivity index (χ3n) is 2.75. The molecule has 120 valence electrons. The Balaban J connectivity index is 0.00000400. The number of hydrogen-bond donors (Lipinski definition) is 2. The van der Waals surface area contributed by atoms with Crippen LogP contribution in [0.2, 0.25) is 0 Å². The van der Waals surface area contributed by atoms with Crippen LogP contribution in [0.4, 0.5) is 0 Å². The first-order valence-corrected chi connectivity index (χ1v) is 7.26. The van der Waals surface area contributed by atoms with Crippen molar-refractivity contribution < 1.29 is 4.74 Å². The number of benzene rings is 1. The highest BCUT2D eigenvalue weighted by atomic mass is 127. The quantitative estimate of drug-likeness (QED) is 0.415. The topological polar surface area (TPSA) is 59.6 Å². The van der Waals surface area contributed by atoms with Crippen molar-refractivity contribution >= 4 is 29.9 Å². The number of halogens is 1. The van der Waals surface area contributed by atoms with Crippen LogP contribution < -0.4 is 15.8 Å². The Morgan fingerprint density at radius 2 is 1.81 bits per heavy atom. The highest BCUT2D eigenvalue weighted by Gasteiger charge is 1.99. The summed E-state index contributed by atoms with van der Waals surface area (Å²) >= 11 is 0. The molecule has 0 heterocycles. The van der Waals surface area contributed by atoms with Crippen molar-refractivity contribution in [3.63, 3.8) is 0 Å². The Morgan fingerprint density at radius 1 is 1.19 bits per heavy atom. The molecule has 0 bridgehead atoms. The van der Waals surface area contributed by atoms with Gasteiger partial charge in [0.25, 0.3) is 0 Å². The molecular weight excluding hydrogens is 377 g/mol. The van der Waals surface area contributed by atoms with E-state index in [1.165, 1.54) is 0 Å². The molecule has 0 fully saturated rings. The Labute approximate surface area is 145 Å². The fraction of sp³-hybridized carbons (Fsp3) is 0.562. The summed E-state index contributed by atoms with van der Waals surface area (Å²) in [5.41, 5.74) is 6.94. The molecule has 3 N–H and O–H groups in total. The summed E-state index contributed by atoms with van der Waals surface area (Å²) in [6.45, 7) is 9.87. The van der Waals surface area contributed by atoms with Crippen LogP contribution in [0.1, 0.15) is 39.7 Å². The molecule has 0 saturated carbocycles. The third kappa shape index (κ3) is 9.55. The molecule has 1 aromatic carbocycles. The minimum atomic E-state index is 0. The molecule has 21 heavy (non-hydrogen) atoms. The molecule has 4 nitrogen and oxygen atoms in total. The van der Waals surface area contributed by atoms with Crippen molar-refractivity contribution in [3.05, 3.63) is 29.8 Å². The van der Waals surface area contributed by atoms with Crippen molar-refractivity contribution in [2.24, 2.45) is 16.6 Å². The molecule has 1 aromatic rings. The van der Waals surface area contributed by atoms with Crippen molar-refractivity contribution in [2.75, 3.05) is 6.54 Å². The van der Waals surface area contributed by atoms with Crippen molar-refractivity contribution in [1.29, 1.82) is 0 Å². The molecule has 5 heteroatoms. The van der Waals surface area contributed by atoms with Gasteiger partial charge in [0.2, 0.25) is 0 Å². The van der Waals surface area contributed by atoms with E-state index in [-0.39, 0.29) is 30.1 Å². The highest BCUT2D eigenvalue weighted by Crippen LogP contribution is 2.14. The maximum absolute atomic E-state index is 5.82. The fourth-order valence-corrected chi connectivity index (χ4v) is 1.67. The highest BCUT2D eigenvalue weighted by molar-refractivity contribution is 14.0. The minimum absolute atomic E-state index is 0. The lowest BCUT2D eigenvalue weighted by molar-refractivity contribution is 0.242. The van der Waals surface area contributed by atoms with E-state index >= 15 is 0 Å². The van der Waals surface area contributed by atoms with Crippen molar-refractivity contribution in [1.82, 2.24) is 5.32 Å². The maximum atomic E-state index is 5.82. The fourth-order valence-electron chi connectivity index (χ4n) is 1.67. The Kier molecular flexibility index (Phi) is 10.2. The number of rotatable bonds is 7. The van der Waals surface area contributed by atoms with Gasteiger partial charge in [-0.25, -0.2) is 4.99 Å². The van der Waals surface area contributed by atoms with E-state index in [9.17, 15) is 0 Å². The second-order valence-electron chi connectivity index (χ2n) is 5.62. The first-order valence-electron chi connectivity index (χ1n) is 7.26. The zero-order valence-electron chi connectivity index (χ0n) is 13.4. The van der Waals surface area contributed by atoms with Crippen LogP contribution in [0, 0.1) is 5.92 Å². The van der Waals surface area contributed by atoms with E-state index < -0.39 is 0 Å². The van der Waals surface area contributed by atoms with E-state index in [1.54, 1.807) is 0 Å². The molecule has 0 unspecified atom stereocenters. The van der Waals surface area contributed by atoms with Crippen LogP contribution in [0.5, 0.6) is 5.75 Å². The molecule has 0 radical (unpaired) electrons.